The summed E-state index contributed by atoms with van der Waals surface area (Å²) in [7, 11) is 0. The Kier molecular flexibility index (Phi) is 4.44. The predicted molar refractivity (Wildman–Crippen MR) is 102 cm³/mol. The van der Waals surface area contributed by atoms with E-state index in [1.54, 1.807) is 4.90 Å². The Morgan fingerprint density at radius 1 is 1.07 bits per heavy atom. The van der Waals surface area contributed by atoms with Crippen molar-refractivity contribution in [2.75, 3.05) is 26.2 Å². The van der Waals surface area contributed by atoms with Gasteiger partial charge in [0.1, 0.15) is 6.04 Å². The number of amides is 3. The molecule has 0 saturated carbocycles. The van der Waals surface area contributed by atoms with Crippen LogP contribution < -0.4 is 10.6 Å². The molecule has 0 aliphatic carbocycles. The molecule has 0 aromatic heterocycles. The van der Waals surface area contributed by atoms with E-state index in [1.165, 1.54) is 6.42 Å². The highest BCUT2D eigenvalue weighted by atomic mass is 16.2. The van der Waals surface area contributed by atoms with E-state index in [9.17, 15) is 14.4 Å². The number of rotatable bonds is 5. The molecule has 4 heterocycles. The van der Waals surface area contributed by atoms with E-state index in [-0.39, 0.29) is 24.1 Å². The zero-order valence-electron chi connectivity index (χ0n) is 15.9. The number of hydrogen-bond acceptors (Lipinski definition) is 5. The standard InChI is InChI=1S/C21H26N4O3/c26-18-5-4-17(20(27)23-18)25-12-16-3-1-2-15(19(16)21(25)28)11-24-9-14(10-24)6-13-7-22-8-13/h1-3,13-14,17,22H,4-12H2,(H,23,26,27). The molecule has 3 saturated heterocycles. The second kappa shape index (κ2) is 6.97. The number of nitrogens with one attached hydrogen (secondary N) is 2. The van der Waals surface area contributed by atoms with Crippen molar-refractivity contribution in [1.29, 1.82) is 0 Å². The van der Waals surface area contributed by atoms with Crippen molar-refractivity contribution in [3.8, 4) is 0 Å². The van der Waals surface area contributed by atoms with E-state index in [2.05, 4.69) is 15.5 Å². The molecule has 3 fully saturated rings. The topological polar surface area (TPSA) is 81.8 Å². The van der Waals surface area contributed by atoms with E-state index in [4.69, 9.17) is 0 Å². The number of imide groups is 1. The van der Waals surface area contributed by atoms with E-state index in [0.29, 0.717) is 13.0 Å². The Balaban J connectivity index is 1.25. The summed E-state index contributed by atoms with van der Waals surface area (Å²) in [6, 6.07) is 5.47. The summed E-state index contributed by atoms with van der Waals surface area (Å²) >= 11 is 0. The maximum Gasteiger partial charge on any atom is 0.255 e. The summed E-state index contributed by atoms with van der Waals surface area (Å²) in [6.07, 6.45) is 2.00. The first kappa shape index (κ1) is 17.8. The van der Waals surface area contributed by atoms with Crippen LogP contribution in [-0.4, -0.2) is 59.7 Å². The van der Waals surface area contributed by atoms with Crippen molar-refractivity contribution >= 4 is 17.7 Å². The Hall–Kier alpha value is -2.25. The Labute approximate surface area is 164 Å². The van der Waals surface area contributed by atoms with Crippen LogP contribution in [-0.2, 0) is 22.7 Å². The van der Waals surface area contributed by atoms with Crippen molar-refractivity contribution in [1.82, 2.24) is 20.4 Å². The van der Waals surface area contributed by atoms with E-state index < -0.39 is 6.04 Å². The average Bonchev–Trinajstić information content (AvgIpc) is 2.93. The number of piperidine rings is 1. The third-order valence-electron chi connectivity index (χ3n) is 6.60. The van der Waals surface area contributed by atoms with Gasteiger partial charge < -0.3 is 10.2 Å². The second-order valence-electron chi connectivity index (χ2n) is 8.67. The number of fused-ring (bicyclic) bond motifs is 1. The summed E-state index contributed by atoms with van der Waals surface area (Å²) in [5, 5.41) is 5.70. The first-order valence-corrected chi connectivity index (χ1v) is 10.3. The molecule has 4 aliphatic heterocycles. The largest absolute Gasteiger partial charge is 0.322 e. The van der Waals surface area contributed by atoms with Crippen molar-refractivity contribution in [3.63, 3.8) is 0 Å². The number of benzene rings is 1. The summed E-state index contributed by atoms with van der Waals surface area (Å²) in [5.74, 6) is 0.945. The molecule has 7 nitrogen and oxygen atoms in total. The van der Waals surface area contributed by atoms with Crippen LogP contribution in [0.15, 0.2) is 18.2 Å². The van der Waals surface area contributed by atoms with Crippen LogP contribution in [0.5, 0.6) is 0 Å². The van der Waals surface area contributed by atoms with Gasteiger partial charge in [0.2, 0.25) is 11.8 Å². The molecule has 2 N–H and O–H groups in total. The summed E-state index contributed by atoms with van der Waals surface area (Å²) in [6.45, 7) is 5.76. The number of nitrogens with zero attached hydrogens (tertiary/aromatic N) is 2. The molecule has 0 radical (unpaired) electrons. The molecule has 5 rings (SSSR count). The highest BCUT2D eigenvalue weighted by molar-refractivity contribution is 6.05. The molecule has 3 amide bonds. The minimum atomic E-state index is -0.546. The van der Waals surface area contributed by atoms with Crippen molar-refractivity contribution < 1.29 is 14.4 Å². The Morgan fingerprint density at radius 3 is 2.61 bits per heavy atom. The molecule has 1 unspecified atom stereocenters. The third kappa shape index (κ3) is 3.12. The van der Waals surface area contributed by atoms with Crippen LogP contribution in [0.1, 0.15) is 40.7 Å². The van der Waals surface area contributed by atoms with E-state index in [0.717, 1.165) is 61.2 Å². The predicted octanol–water partition coefficient (Wildman–Crippen LogP) is 0.489. The number of likely N-dealkylation sites (tertiary alicyclic amines) is 1. The Bertz CT molecular complexity index is 829. The van der Waals surface area contributed by atoms with Gasteiger partial charge in [-0.2, -0.15) is 0 Å². The molecular formula is C21H26N4O3. The SMILES string of the molecule is O=C1CCC(N2Cc3cccc(CN4CC(CC5CNC5)C4)c3C2=O)C(=O)N1. The van der Waals surface area contributed by atoms with Gasteiger partial charge in [-0.1, -0.05) is 18.2 Å². The minimum absolute atomic E-state index is 0.0716. The first-order chi connectivity index (χ1) is 13.6. The summed E-state index contributed by atoms with van der Waals surface area (Å²) in [5.41, 5.74) is 2.81. The fourth-order valence-corrected chi connectivity index (χ4v) is 5.00. The fraction of sp³-hybridized carbons (Fsp3) is 0.571. The van der Waals surface area contributed by atoms with Crippen molar-refractivity contribution in [3.05, 3.63) is 34.9 Å². The average molecular weight is 382 g/mol. The zero-order chi connectivity index (χ0) is 19.3. The van der Waals surface area contributed by atoms with Crippen LogP contribution in [0.25, 0.3) is 0 Å². The van der Waals surface area contributed by atoms with E-state index >= 15 is 0 Å². The molecule has 1 atom stereocenters. The lowest BCUT2D eigenvalue weighted by molar-refractivity contribution is -0.136. The minimum Gasteiger partial charge on any atom is -0.322 e. The van der Waals surface area contributed by atoms with Gasteiger partial charge in [0.25, 0.3) is 5.91 Å². The van der Waals surface area contributed by atoms with Gasteiger partial charge in [0.15, 0.2) is 0 Å². The lowest BCUT2D eigenvalue weighted by Gasteiger charge is -2.42. The molecule has 28 heavy (non-hydrogen) atoms. The van der Waals surface area contributed by atoms with E-state index in [1.807, 2.05) is 18.2 Å². The van der Waals surface area contributed by atoms with Gasteiger partial charge in [-0.25, -0.2) is 0 Å². The van der Waals surface area contributed by atoms with Crippen LogP contribution in [0.2, 0.25) is 0 Å². The van der Waals surface area contributed by atoms with Gasteiger partial charge in [0, 0.05) is 38.2 Å². The normalized spacial score (nSPS) is 26.1. The molecule has 0 bridgehead atoms. The molecular weight excluding hydrogens is 356 g/mol. The molecule has 4 aliphatic rings. The van der Waals surface area contributed by atoms with Crippen molar-refractivity contribution in [2.45, 2.75) is 38.4 Å². The molecule has 0 spiro atoms. The Morgan fingerprint density at radius 2 is 1.89 bits per heavy atom. The molecule has 1 aromatic carbocycles. The quantitative estimate of drug-likeness (QED) is 0.725. The highest BCUT2D eigenvalue weighted by Gasteiger charge is 2.40. The van der Waals surface area contributed by atoms with Gasteiger partial charge in [-0.15, -0.1) is 0 Å². The van der Waals surface area contributed by atoms with Crippen LogP contribution >= 0.6 is 0 Å². The maximum atomic E-state index is 13.1. The van der Waals surface area contributed by atoms with Crippen LogP contribution in [0.3, 0.4) is 0 Å². The highest BCUT2D eigenvalue weighted by Crippen LogP contribution is 2.32. The van der Waals surface area contributed by atoms with Crippen LogP contribution in [0.4, 0.5) is 0 Å². The third-order valence-corrected chi connectivity index (χ3v) is 6.60. The van der Waals surface area contributed by atoms with Gasteiger partial charge in [-0.3, -0.25) is 24.6 Å². The van der Waals surface area contributed by atoms with Gasteiger partial charge in [-0.05, 0) is 48.9 Å². The van der Waals surface area contributed by atoms with Crippen LogP contribution in [0, 0.1) is 11.8 Å². The first-order valence-electron chi connectivity index (χ1n) is 10.3. The molecule has 7 heteroatoms. The summed E-state index contributed by atoms with van der Waals surface area (Å²) < 4.78 is 0. The zero-order valence-corrected chi connectivity index (χ0v) is 15.9. The smallest absolute Gasteiger partial charge is 0.255 e. The fourth-order valence-electron chi connectivity index (χ4n) is 5.00. The lowest BCUT2D eigenvalue weighted by Crippen LogP contribution is -2.52. The van der Waals surface area contributed by atoms with Gasteiger partial charge >= 0.3 is 0 Å². The maximum absolute atomic E-state index is 13.1. The summed E-state index contributed by atoms with van der Waals surface area (Å²) in [4.78, 5) is 40.8. The number of hydrogen-bond donors (Lipinski definition) is 2. The molecule has 148 valence electrons. The van der Waals surface area contributed by atoms with Crippen molar-refractivity contribution in [2.24, 2.45) is 11.8 Å². The molecule has 1 aromatic rings. The number of carbonyl (C=O) groups is 3. The van der Waals surface area contributed by atoms with Gasteiger partial charge in [0.05, 0.1) is 0 Å². The second-order valence-corrected chi connectivity index (χ2v) is 8.67. The lowest BCUT2D eigenvalue weighted by atomic mass is 9.85. The monoisotopic (exact) mass is 382 g/mol. The number of carbonyl (C=O) groups excluding carboxylic acids is 3.